The average molecular weight is 246 g/mol. The number of unbranched alkanes of at least 4 members (excludes halogenated alkanes) is 3. The molecule has 0 N–H and O–H groups in total. The van der Waals surface area contributed by atoms with E-state index in [1.54, 1.807) is 12.1 Å². The lowest BCUT2D eigenvalue weighted by atomic mass is 10.1. The fraction of sp³-hybridized carbons (Fsp3) is 0.438. The highest BCUT2D eigenvalue weighted by Crippen LogP contribution is 2.13. The molecule has 0 aliphatic carbocycles. The van der Waals surface area contributed by atoms with E-state index in [1.807, 2.05) is 19.1 Å². The second kappa shape index (κ2) is 7.70. The SMILES string of the molecule is C=C(CCCCCC)OC(=O)c1ccc(C)cc1. The molecule has 0 aromatic heterocycles. The number of allylic oxidation sites excluding steroid dienone is 1. The Labute approximate surface area is 110 Å². The highest BCUT2D eigenvalue weighted by Gasteiger charge is 2.08. The van der Waals surface area contributed by atoms with Crippen molar-refractivity contribution in [3.05, 3.63) is 47.7 Å². The quantitative estimate of drug-likeness (QED) is 0.398. The molecule has 0 spiro atoms. The average Bonchev–Trinajstić information content (AvgIpc) is 2.35. The highest BCUT2D eigenvalue weighted by molar-refractivity contribution is 5.90. The number of carbonyl (C=O) groups is 1. The summed E-state index contributed by atoms with van der Waals surface area (Å²) in [4.78, 5) is 11.8. The zero-order chi connectivity index (χ0) is 13.4. The first kappa shape index (κ1) is 14.5. The molecule has 0 unspecified atom stereocenters. The van der Waals surface area contributed by atoms with Crippen LogP contribution in [0.1, 0.15) is 54.9 Å². The maximum Gasteiger partial charge on any atom is 0.343 e. The summed E-state index contributed by atoms with van der Waals surface area (Å²) < 4.78 is 5.22. The molecule has 0 bridgehead atoms. The molecule has 1 aromatic rings. The Morgan fingerprint density at radius 1 is 1.17 bits per heavy atom. The number of hydrogen-bond donors (Lipinski definition) is 0. The topological polar surface area (TPSA) is 26.3 Å². The lowest BCUT2D eigenvalue weighted by Gasteiger charge is -2.07. The summed E-state index contributed by atoms with van der Waals surface area (Å²) >= 11 is 0. The first-order valence-electron chi connectivity index (χ1n) is 6.60. The van der Waals surface area contributed by atoms with Crippen molar-refractivity contribution in [1.29, 1.82) is 0 Å². The maximum atomic E-state index is 11.8. The zero-order valence-corrected chi connectivity index (χ0v) is 11.4. The van der Waals surface area contributed by atoms with Crippen LogP contribution in [-0.4, -0.2) is 5.97 Å². The number of hydrogen-bond acceptors (Lipinski definition) is 2. The van der Waals surface area contributed by atoms with E-state index >= 15 is 0 Å². The van der Waals surface area contributed by atoms with Crippen LogP contribution in [0.15, 0.2) is 36.6 Å². The molecule has 0 fully saturated rings. The van der Waals surface area contributed by atoms with Gasteiger partial charge in [0.1, 0.15) is 5.76 Å². The van der Waals surface area contributed by atoms with Gasteiger partial charge in [0.2, 0.25) is 0 Å². The summed E-state index contributed by atoms with van der Waals surface area (Å²) in [6.45, 7) is 7.95. The highest BCUT2D eigenvalue weighted by atomic mass is 16.5. The monoisotopic (exact) mass is 246 g/mol. The van der Waals surface area contributed by atoms with E-state index in [1.165, 1.54) is 12.8 Å². The van der Waals surface area contributed by atoms with Gasteiger partial charge in [-0.2, -0.15) is 0 Å². The number of aryl methyl sites for hydroxylation is 1. The molecule has 0 atom stereocenters. The summed E-state index contributed by atoms with van der Waals surface area (Å²) in [5.74, 6) is 0.257. The third-order valence-corrected chi connectivity index (χ3v) is 2.83. The van der Waals surface area contributed by atoms with Crippen LogP contribution < -0.4 is 0 Å². The normalized spacial score (nSPS) is 10.1. The third-order valence-electron chi connectivity index (χ3n) is 2.83. The molecule has 0 aliphatic heterocycles. The van der Waals surface area contributed by atoms with Gasteiger partial charge in [-0.25, -0.2) is 4.79 Å². The molecule has 2 nitrogen and oxygen atoms in total. The Hall–Kier alpha value is -1.57. The van der Waals surface area contributed by atoms with Crippen molar-refractivity contribution in [3.8, 4) is 0 Å². The maximum absolute atomic E-state index is 11.8. The molecule has 1 rings (SSSR count). The van der Waals surface area contributed by atoms with Gasteiger partial charge < -0.3 is 4.74 Å². The predicted molar refractivity (Wildman–Crippen MR) is 74.5 cm³/mol. The molecule has 0 heterocycles. The van der Waals surface area contributed by atoms with E-state index in [9.17, 15) is 4.79 Å². The van der Waals surface area contributed by atoms with Gasteiger partial charge >= 0.3 is 5.97 Å². The zero-order valence-electron chi connectivity index (χ0n) is 11.4. The van der Waals surface area contributed by atoms with E-state index in [0.29, 0.717) is 11.3 Å². The minimum Gasteiger partial charge on any atom is -0.428 e. The van der Waals surface area contributed by atoms with E-state index in [0.717, 1.165) is 24.8 Å². The van der Waals surface area contributed by atoms with Crippen LogP contribution in [0, 0.1) is 6.92 Å². The van der Waals surface area contributed by atoms with Crippen molar-refractivity contribution in [3.63, 3.8) is 0 Å². The van der Waals surface area contributed by atoms with E-state index in [4.69, 9.17) is 4.74 Å². The molecular weight excluding hydrogens is 224 g/mol. The van der Waals surface area contributed by atoms with Gasteiger partial charge in [-0.1, -0.05) is 50.5 Å². The van der Waals surface area contributed by atoms with Gasteiger partial charge in [-0.3, -0.25) is 0 Å². The summed E-state index contributed by atoms with van der Waals surface area (Å²) in [5.41, 5.74) is 1.71. The lowest BCUT2D eigenvalue weighted by molar-refractivity contribution is 0.0614. The van der Waals surface area contributed by atoms with Crippen molar-refractivity contribution in [2.45, 2.75) is 46.0 Å². The number of ether oxygens (including phenoxy) is 1. The van der Waals surface area contributed by atoms with Crippen molar-refractivity contribution < 1.29 is 9.53 Å². The summed E-state index contributed by atoms with van der Waals surface area (Å²) in [6, 6.07) is 7.37. The molecular formula is C16H22O2. The van der Waals surface area contributed by atoms with Crippen molar-refractivity contribution in [1.82, 2.24) is 0 Å². The standard InChI is InChI=1S/C16H22O2/c1-4-5-6-7-8-14(3)18-16(17)15-11-9-13(2)10-12-15/h9-12H,3-8H2,1-2H3. The third kappa shape index (κ3) is 5.17. The second-order valence-corrected chi connectivity index (χ2v) is 4.60. The van der Waals surface area contributed by atoms with Gasteiger partial charge in [-0.15, -0.1) is 0 Å². The molecule has 0 saturated heterocycles. The summed E-state index contributed by atoms with van der Waals surface area (Å²) in [6.07, 6.45) is 5.39. The van der Waals surface area contributed by atoms with Gasteiger partial charge in [-0.05, 0) is 25.5 Å². The number of carbonyl (C=O) groups excluding carboxylic acids is 1. The Morgan fingerprint density at radius 3 is 2.44 bits per heavy atom. The predicted octanol–water partition coefficient (Wildman–Crippen LogP) is 4.64. The fourth-order valence-electron chi connectivity index (χ4n) is 1.68. The Morgan fingerprint density at radius 2 is 1.83 bits per heavy atom. The first-order valence-corrected chi connectivity index (χ1v) is 6.60. The van der Waals surface area contributed by atoms with Gasteiger partial charge in [0.15, 0.2) is 0 Å². The van der Waals surface area contributed by atoms with Crippen molar-refractivity contribution >= 4 is 5.97 Å². The van der Waals surface area contributed by atoms with Crippen molar-refractivity contribution in [2.24, 2.45) is 0 Å². The van der Waals surface area contributed by atoms with E-state index in [2.05, 4.69) is 13.5 Å². The van der Waals surface area contributed by atoms with E-state index < -0.39 is 0 Å². The molecule has 0 radical (unpaired) electrons. The van der Waals surface area contributed by atoms with Crippen LogP contribution in [0.4, 0.5) is 0 Å². The van der Waals surface area contributed by atoms with Crippen LogP contribution in [0.3, 0.4) is 0 Å². The molecule has 1 aromatic carbocycles. The molecule has 2 heteroatoms. The molecule has 0 amide bonds. The smallest absolute Gasteiger partial charge is 0.343 e. The number of esters is 1. The minimum atomic E-state index is -0.310. The summed E-state index contributed by atoms with van der Waals surface area (Å²) in [5, 5.41) is 0. The number of benzene rings is 1. The Bertz CT molecular complexity index is 390. The largest absolute Gasteiger partial charge is 0.428 e. The molecule has 98 valence electrons. The second-order valence-electron chi connectivity index (χ2n) is 4.60. The fourth-order valence-corrected chi connectivity index (χ4v) is 1.68. The molecule has 0 saturated carbocycles. The van der Waals surface area contributed by atoms with Gasteiger partial charge in [0, 0.05) is 6.42 Å². The van der Waals surface area contributed by atoms with Crippen LogP contribution in [0.25, 0.3) is 0 Å². The molecule has 18 heavy (non-hydrogen) atoms. The summed E-state index contributed by atoms with van der Waals surface area (Å²) in [7, 11) is 0. The Kier molecular flexibility index (Phi) is 6.20. The Balaban J connectivity index is 2.35. The van der Waals surface area contributed by atoms with Crippen LogP contribution in [0.2, 0.25) is 0 Å². The van der Waals surface area contributed by atoms with E-state index in [-0.39, 0.29) is 5.97 Å². The lowest BCUT2D eigenvalue weighted by Crippen LogP contribution is -2.04. The molecule has 0 aliphatic rings. The van der Waals surface area contributed by atoms with Crippen LogP contribution in [0.5, 0.6) is 0 Å². The van der Waals surface area contributed by atoms with Crippen LogP contribution in [-0.2, 0) is 4.74 Å². The van der Waals surface area contributed by atoms with Crippen LogP contribution >= 0.6 is 0 Å². The first-order chi connectivity index (χ1) is 8.63. The minimum absolute atomic E-state index is 0.310. The number of rotatable bonds is 7. The van der Waals surface area contributed by atoms with Crippen molar-refractivity contribution in [2.75, 3.05) is 0 Å². The van der Waals surface area contributed by atoms with Gasteiger partial charge in [0.05, 0.1) is 5.56 Å². The van der Waals surface area contributed by atoms with Gasteiger partial charge in [0.25, 0.3) is 0 Å².